The predicted molar refractivity (Wildman–Crippen MR) is 107 cm³/mol. The number of carbonyl (C=O) groups excluding carboxylic acids is 1. The third-order valence-electron chi connectivity index (χ3n) is 4.44. The molecule has 0 aliphatic rings. The lowest BCUT2D eigenvalue weighted by molar-refractivity contribution is 0.102. The molecule has 0 spiro atoms. The molecule has 0 atom stereocenters. The summed E-state index contributed by atoms with van der Waals surface area (Å²) >= 11 is 0. The molecule has 1 aromatic heterocycles. The molecular formula is C22H18N2O4. The van der Waals surface area contributed by atoms with E-state index < -0.39 is 5.76 Å². The number of methoxy groups -OCH3 is 1. The minimum atomic E-state index is -0.454. The van der Waals surface area contributed by atoms with Crippen molar-refractivity contribution in [2.75, 3.05) is 12.4 Å². The fourth-order valence-electron chi connectivity index (χ4n) is 3.02. The topological polar surface area (TPSA) is 73.5 Å². The van der Waals surface area contributed by atoms with E-state index in [2.05, 4.69) is 5.32 Å². The lowest BCUT2D eigenvalue weighted by Gasteiger charge is -2.08. The third-order valence-corrected chi connectivity index (χ3v) is 4.44. The van der Waals surface area contributed by atoms with Gasteiger partial charge < -0.3 is 14.5 Å². The number of ether oxygens (including phenoxy) is 1. The van der Waals surface area contributed by atoms with Crippen molar-refractivity contribution in [2.45, 2.75) is 6.54 Å². The van der Waals surface area contributed by atoms with Gasteiger partial charge in [0.05, 0.1) is 19.2 Å². The first-order valence-corrected chi connectivity index (χ1v) is 8.77. The van der Waals surface area contributed by atoms with Crippen molar-refractivity contribution in [3.05, 3.63) is 94.5 Å². The fraction of sp³-hybridized carbons (Fsp3) is 0.0909. The second-order valence-electron chi connectivity index (χ2n) is 6.31. The Hall–Kier alpha value is -3.80. The third kappa shape index (κ3) is 3.53. The van der Waals surface area contributed by atoms with Crippen LogP contribution in [0.15, 0.2) is 82.0 Å². The predicted octanol–water partition coefficient (Wildman–Crippen LogP) is 3.90. The van der Waals surface area contributed by atoms with Gasteiger partial charge in [0.25, 0.3) is 5.91 Å². The molecule has 6 heteroatoms. The van der Waals surface area contributed by atoms with Crippen LogP contribution in [0, 0.1) is 0 Å². The van der Waals surface area contributed by atoms with Gasteiger partial charge in [-0.05, 0) is 35.9 Å². The molecule has 3 aromatic carbocycles. The minimum absolute atomic E-state index is 0.282. The molecule has 0 aliphatic heterocycles. The van der Waals surface area contributed by atoms with Crippen molar-refractivity contribution >= 4 is 22.7 Å². The van der Waals surface area contributed by atoms with E-state index in [1.807, 2.05) is 30.3 Å². The second kappa shape index (κ2) is 7.44. The van der Waals surface area contributed by atoms with Crippen molar-refractivity contribution in [1.82, 2.24) is 4.57 Å². The Balaban J connectivity index is 1.65. The minimum Gasteiger partial charge on any atom is -0.497 e. The van der Waals surface area contributed by atoms with E-state index in [1.165, 1.54) is 4.57 Å². The van der Waals surface area contributed by atoms with Crippen molar-refractivity contribution in [2.24, 2.45) is 0 Å². The summed E-state index contributed by atoms with van der Waals surface area (Å²) < 4.78 is 12.0. The Morgan fingerprint density at radius 3 is 2.64 bits per heavy atom. The van der Waals surface area contributed by atoms with Gasteiger partial charge in [-0.3, -0.25) is 9.36 Å². The van der Waals surface area contributed by atoms with Gasteiger partial charge in [0, 0.05) is 17.3 Å². The number of benzene rings is 3. The maximum absolute atomic E-state index is 12.7. The van der Waals surface area contributed by atoms with Crippen LogP contribution < -0.4 is 15.8 Å². The lowest BCUT2D eigenvalue weighted by Crippen LogP contribution is -2.15. The Morgan fingerprint density at radius 1 is 1.04 bits per heavy atom. The summed E-state index contributed by atoms with van der Waals surface area (Å²) in [5.74, 6) is -0.0842. The largest absolute Gasteiger partial charge is 0.497 e. The number of oxazole rings is 1. The van der Waals surface area contributed by atoms with Crippen LogP contribution in [0.5, 0.6) is 5.75 Å². The van der Waals surface area contributed by atoms with Gasteiger partial charge in [-0.1, -0.05) is 36.4 Å². The Bertz CT molecular complexity index is 1190. The molecule has 0 bridgehead atoms. The first kappa shape index (κ1) is 17.6. The number of anilines is 1. The molecule has 4 rings (SSSR count). The van der Waals surface area contributed by atoms with Gasteiger partial charge in [-0.2, -0.15) is 0 Å². The number of carbonyl (C=O) groups is 1. The van der Waals surface area contributed by atoms with E-state index in [-0.39, 0.29) is 5.91 Å². The summed E-state index contributed by atoms with van der Waals surface area (Å²) in [6, 6.07) is 21.7. The van der Waals surface area contributed by atoms with Crippen LogP contribution in [-0.4, -0.2) is 17.6 Å². The molecule has 1 amide bonds. The number of fused-ring (bicyclic) bond motifs is 1. The van der Waals surface area contributed by atoms with Crippen molar-refractivity contribution < 1.29 is 13.9 Å². The number of rotatable bonds is 5. The number of nitrogens with one attached hydrogen (secondary N) is 1. The van der Waals surface area contributed by atoms with Gasteiger partial charge in [0.2, 0.25) is 0 Å². The van der Waals surface area contributed by atoms with Gasteiger partial charge in [-0.15, -0.1) is 0 Å². The fourth-order valence-corrected chi connectivity index (χ4v) is 3.02. The number of aromatic nitrogens is 1. The highest BCUT2D eigenvalue weighted by Crippen LogP contribution is 2.20. The van der Waals surface area contributed by atoms with Crippen molar-refractivity contribution in [3.8, 4) is 5.75 Å². The summed E-state index contributed by atoms with van der Waals surface area (Å²) in [6.07, 6.45) is 0. The molecule has 0 unspecified atom stereocenters. The summed E-state index contributed by atoms with van der Waals surface area (Å²) in [5, 5.41) is 2.84. The average Bonchev–Trinajstić information content (AvgIpc) is 3.03. The van der Waals surface area contributed by atoms with Gasteiger partial charge in [0.1, 0.15) is 5.75 Å². The molecule has 1 N–H and O–H groups in total. The molecule has 28 heavy (non-hydrogen) atoms. The number of amides is 1. The van der Waals surface area contributed by atoms with Crippen LogP contribution in [0.3, 0.4) is 0 Å². The molecule has 0 radical (unpaired) electrons. The highest BCUT2D eigenvalue weighted by Gasteiger charge is 2.14. The zero-order chi connectivity index (χ0) is 19.5. The maximum Gasteiger partial charge on any atom is 0.420 e. The van der Waals surface area contributed by atoms with E-state index in [1.54, 1.807) is 49.6 Å². The van der Waals surface area contributed by atoms with Crippen LogP contribution in [0.1, 0.15) is 15.9 Å². The quantitative estimate of drug-likeness (QED) is 0.575. The van der Waals surface area contributed by atoms with E-state index in [0.29, 0.717) is 34.6 Å². The Labute approximate surface area is 161 Å². The highest BCUT2D eigenvalue weighted by atomic mass is 16.5. The molecule has 4 aromatic rings. The van der Waals surface area contributed by atoms with Crippen LogP contribution in [-0.2, 0) is 6.54 Å². The van der Waals surface area contributed by atoms with Crippen molar-refractivity contribution in [1.29, 1.82) is 0 Å². The molecular weight excluding hydrogens is 356 g/mol. The Kier molecular flexibility index (Phi) is 4.68. The maximum atomic E-state index is 12.7. The van der Waals surface area contributed by atoms with E-state index in [0.717, 1.165) is 5.56 Å². The lowest BCUT2D eigenvalue weighted by atomic mass is 10.1. The van der Waals surface area contributed by atoms with E-state index in [4.69, 9.17) is 9.15 Å². The summed E-state index contributed by atoms with van der Waals surface area (Å²) in [6.45, 7) is 0.369. The van der Waals surface area contributed by atoms with Crippen LogP contribution in [0.25, 0.3) is 11.1 Å². The Morgan fingerprint density at radius 2 is 1.86 bits per heavy atom. The van der Waals surface area contributed by atoms with Crippen molar-refractivity contribution in [3.63, 3.8) is 0 Å². The van der Waals surface area contributed by atoms with E-state index >= 15 is 0 Å². The smallest absolute Gasteiger partial charge is 0.420 e. The van der Waals surface area contributed by atoms with Gasteiger partial charge >= 0.3 is 5.76 Å². The van der Waals surface area contributed by atoms with Crippen LogP contribution in [0.2, 0.25) is 0 Å². The number of nitrogens with zero attached hydrogens (tertiary/aromatic N) is 1. The first-order chi connectivity index (χ1) is 13.6. The summed E-state index contributed by atoms with van der Waals surface area (Å²) in [7, 11) is 1.57. The molecule has 0 saturated carbocycles. The number of hydrogen-bond acceptors (Lipinski definition) is 4. The molecule has 0 saturated heterocycles. The molecule has 140 valence electrons. The standard InChI is InChI=1S/C22H18N2O4/c1-27-18-9-5-8-17(13-18)23-21(25)16-10-11-20-19(12-16)24(22(26)28-20)14-15-6-3-2-4-7-15/h2-13H,14H2,1H3,(H,23,25). The zero-order valence-electron chi connectivity index (χ0n) is 15.2. The summed E-state index contributed by atoms with van der Waals surface area (Å²) in [5.41, 5.74) is 3.04. The summed E-state index contributed by atoms with van der Waals surface area (Å²) in [4.78, 5) is 24.9. The van der Waals surface area contributed by atoms with Gasteiger partial charge in [0.15, 0.2) is 5.58 Å². The normalized spacial score (nSPS) is 10.8. The number of hydrogen-bond donors (Lipinski definition) is 1. The molecule has 0 fully saturated rings. The average molecular weight is 374 g/mol. The second-order valence-corrected chi connectivity index (χ2v) is 6.31. The molecule has 1 heterocycles. The monoisotopic (exact) mass is 374 g/mol. The zero-order valence-corrected chi connectivity index (χ0v) is 15.2. The first-order valence-electron chi connectivity index (χ1n) is 8.77. The van der Waals surface area contributed by atoms with E-state index in [9.17, 15) is 9.59 Å². The molecule has 6 nitrogen and oxygen atoms in total. The van der Waals surface area contributed by atoms with Crippen LogP contribution >= 0.6 is 0 Å². The highest BCUT2D eigenvalue weighted by molar-refractivity contribution is 6.05. The van der Waals surface area contributed by atoms with Gasteiger partial charge in [-0.25, -0.2) is 4.79 Å². The molecule has 0 aliphatic carbocycles. The van der Waals surface area contributed by atoms with Crippen LogP contribution in [0.4, 0.5) is 5.69 Å². The SMILES string of the molecule is COc1cccc(NC(=O)c2ccc3oc(=O)n(Cc4ccccc4)c3c2)c1.